The second kappa shape index (κ2) is 9.56. The summed E-state index contributed by atoms with van der Waals surface area (Å²) in [6.45, 7) is 2.89. The molecule has 4 heteroatoms. The fourth-order valence-corrected chi connectivity index (χ4v) is 2.46. The molecule has 0 saturated heterocycles. The van der Waals surface area contributed by atoms with Gasteiger partial charge in [0, 0.05) is 17.6 Å². The van der Waals surface area contributed by atoms with Crippen molar-refractivity contribution in [3.05, 3.63) is 65.2 Å². The third-order valence-corrected chi connectivity index (χ3v) is 3.88. The van der Waals surface area contributed by atoms with Crippen molar-refractivity contribution >= 4 is 11.6 Å². The number of halogens is 1. The minimum Gasteiger partial charge on any atom is -0.491 e. The fourth-order valence-electron chi connectivity index (χ4n) is 2.28. The van der Waals surface area contributed by atoms with Crippen LogP contribution in [0.15, 0.2) is 54.6 Å². The summed E-state index contributed by atoms with van der Waals surface area (Å²) in [6, 6.07) is 18.0. The molecule has 2 atom stereocenters. The molecule has 0 amide bonds. The summed E-state index contributed by atoms with van der Waals surface area (Å²) in [5.74, 6) is 0.675. The van der Waals surface area contributed by atoms with E-state index < -0.39 is 6.10 Å². The summed E-state index contributed by atoms with van der Waals surface area (Å²) >= 11 is 5.89. The van der Waals surface area contributed by atoms with Crippen LogP contribution in [0.2, 0.25) is 5.02 Å². The molecule has 0 saturated carbocycles. The molecule has 0 fully saturated rings. The number of rotatable bonds is 9. The number of benzene rings is 2. The van der Waals surface area contributed by atoms with Gasteiger partial charge in [0.1, 0.15) is 18.5 Å². The van der Waals surface area contributed by atoms with E-state index in [1.54, 1.807) is 12.1 Å². The second-order valence-electron chi connectivity index (χ2n) is 5.76. The normalized spacial score (nSPS) is 13.5. The fraction of sp³-hybridized carbons (Fsp3) is 0.368. The first kappa shape index (κ1) is 17.8. The standard InChI is InChI=1S/C19H24ClNO2/c1-15(10-11-16-6-3-2-4-7-16)21-13-18(22)14-23-19-9-5-8-17(20)12-19/h2-9,12,15,18,21-22H,10-11,13-14H2,1H3. The Morgan fingerprint density at radius 2 is 1.91 bits per heavy atom. The Labute approximate surface area is 143 Å². The molecule has 2 unspecified atom stereocenters. The quantitative estimate of drug-likeness (QED) is 0.735. The molecule has 0 bridgehead atoms. The molecule has 2 aromatic carbocycles. The zero-order valence-electron chi connectivity index (χ0n) is 13.4. The van der Waals surface area contributed by atoms with Crippen LogP contribution in [0, 0.1) is 0 Å². The first-order chi connectivity index (χ1) is 11.1. The Morgan fingerprint density at radius 3 is 2.65 bits per heavy atom. The number of hydrogen-bond donors (Lipinski definition) is 2. The summed E-state index contributed by atoms with van der Waals surface area (Å²) < 4.78 is 5.54. The average molecular weight is 334 g/mol. The van der Waals surface area contributed by atoms with Crippen molar-refractivity contribution in [2.24, 2.45) is 0 Å². The van der Waals surface area contributed by atoms with Crippen LogP contribution < -0.4 is 10.1 Å². The van der Waals surface area contributed by atoms with E-state index in [4.69, 9.17) is 16.3 Å². The minimum atomic E-state index is -0.548. The van der Waals surface area contributed by atoms with Crippen molar-refractivity contribution in [1.82, 2.24) is 5.32 Å². The highest BCUT2D eigenvalue weighted by atomic mass is 35.5. The highest BCUT2D eigenvalue weighted by Gasteiger charge is 2.08. The molecule has 0 aliphatic heterocycles. The van der Waals surface area contributed by atoms with Gasteiger partial charge >= 0.3 is 0 Å². The summed E-state index contributed by atoms with van der Waals surface area (Å²) in [5.41, 5.74) is 1.34. The molecule has 2 N–H and O–H groups in total. The lowest BCUT2D eigenvalue weighted by Gasteiger charge is -2.17. The molecule has 2 rings (SSSR count). The van der Waals surface area contributed by atoms with Gasteiger partial charge in [0.2, 0.25) is 0 Å². The lowest BCUT2D eigenvalue weighted by Crippen LogP contribution is -2.36. The number of aliphatic hydroxyl groups excluding tert-OH is 1. The zero-order chi connectivity index (χ0) is 16.5. The third-order valence-electron chi connectivity index (χ3n) is 3.65. The van der Waals surface area contributed by atoms with Crippen LogP contribution in [0.25, 0.3) is 0 Å². The van der Waals surface area contributed by atoms with Crippen molar-refractivity contribution in [2.75, 3.05) is 13.2 Å². The zero-order valence-corrected chi connectivity index (χ0v) is 14.2. The highest BCUT2D eigenvalue weighted by molar-refractivity contribution is 6.30. The van der Waals surface area contributed by atoms with Crippen LogP contribution in [0.3, 0.4) is 0 Å². The predicted octanol–water partition coefficient (Wildman–Crippen LogP) is 3.69. The number of hydrogen-bond acceptors (Lipinski definition) is 3. The Kier molecular flexibility index (Phi) is 7.40. The highest BCUT2D eigenvalue weighted by Crippen LogP contribution is 2.17. The van der Waals surface area contributed by atoms with E-state index in [0.717, 1.165) is 12.8 Å². The van der Waals surface area contributed by atoms with Gasteiger partial charge < -0.3 is 15.2 Å². The molecule has 2 aromatic rings. The van der Waals surface area contributed by atoms with Gasteiger partial charge in [-0.05, 0) is 43.5 Å². The van der Waals surface area contributed by atoms with Crippen LogP contribution in [-0.2, 0) is 6.42 Å². The molecule has 0 heterocycles. The summed E-state index contributed by atoms with van der Waals surface area (Å²) in [5, 5.41) is 14.0. The van der Waals surface area contributed by atoms with Crippen LogP contribution in [-0.4, -0.2) is 30.4 Å². The molecular formula is C19H24ClNO2. The molecular weight excluding hydrogens is 310 g/mol. The van der Waals surface area contributed by atoms with E-state index in [-0.39, 0.29) is 6.61 Å². The van der Waals surface area contributed by atoms with Crippen molar-refractivity contribution < 1.29 is 9.84 Å². The smallest absolute Gasteiger partial charge is 0.120 e. The molecule has 0 aliphatic rings. The van der Waals surface area contributed by atoms with Crippen molar-refractivity contribution in [3.8, 4) is 5.75 Å². The maximum absolute atomic E-state index is 9.99. The average Bonchev–Trinajstić information content (AvgIpc) is 2.57. The van der Waals surface area contributed by atoms with Crippen LogP contribution in [0.4, 0.5) is 0 Å². The maximum Gasteiger partial charge on any atom is 0.120 e. The van der Waals surface area contributed by atoms with Gasteiger partial charge in [-0.2, -0.15) is 0 Å². The molecule has 0 spiro atoms. The monoisotopic (exact) mass is 333 g/mol. The van der Waals surface area contributed by atoms with E-state index in [2.05, 4.69) is 36.5 Å². The molecule has 3 nitrogen and oxygen atoms in total. The molecule has 0 radical (unpaired) electrons. The molecule has 124 valence electrons. The predicted molar refractivity (Wildman–Crippen MR) is 95.2 cm³/mol. The van der Waals surface area contributed by atoms with Crippen molar-refractivity contribution in [2.45, 2.75) is 31.9 Å². The van der Waals surface area contributed by atoms with E-state index >= 15 is 0 Å². The third kappa shape index (κ3) is 7.04. The topological polar surface area (TPSA) is 41.5 Å². The minimum absolute atomic E-state index is 0.249. The van der Waals surface area contributed by atoms with Crippen LogP contribution in [0.1, 0.15) is 18.9 Å². The van der Waals surface area contributed by atoms with E-state index in [0.29, 0.717) is 23.4 Å². The SMILES string of the molecule is CC(CCc1ccccc1)NCC(O)COc1cccc(Cl)c1. The Bertz CT molecular complexity index is 577. The van der Waals surface area contributed by atoms with E-state index in [1.807, 2.05) is 18.2 Å². The number of ether oxygens (including phenoxy) is 1. The van der Waals surface area contributed by atoms with Gasteiger partial charge in [-0.15, -0.1) is 0 Å². The summed E-state index contributed by atoms with van der Waals surface area (Å²) in [4.78, 5) is 0. The second-order valence-corrected chi connectivity index (χ2v) is 6.19. The first-order valence-electron chi connectivity index (χ1n) is 7.97. The van der Waals surface area contributed by atoms with Crippen LogP contribution in [0.5, 0.6) is 5.75 Å². The lowest BCUT2D eigenvalue weighted by atomic mass is 10.1. The first-order valence-corrected chi connectivity index (χ1v) is 8.35. The van der Waals surface area contributed by atoms with E-state index in [1.165, 1.54) is 5.56 Å². The van der Waals surface area contributed by atoms with Gasteiger partial charge in [-0.1, -0.05) is 48.0 Å². The number of aliphatic hydroxyl groups is 1. The Morgan fingerprint density at radius 1 is 1.13 bits per heavy atom. The van der Waals surface area contributed by atoms with Gasteiger partial charge in [-0.25, -0.2) is 0 Å². The van der Waals surface area contributed by atoms with Gasteiger partial charge in [-0.3, -0.25) is 0 Å². The lowest BCUT2D eigenvalue weighted by molar-refractivity contribution is 0.104. The van der Waals surface area contributed by atoms with Crippen molar-refractivity contribution in [1.29, 1.82) is 0 Å². The molecule has 23 heavy (non-hydrogen) atoms. The largest absolute Gasteiger partial charge is 0.491 e. The van der Waals surface area contributed by atoms with Gasteiger partial charge in [0.25, 0.3) is 0 Å². The molecule has 0 aliphatic carbocycles. The van der Waals surface area contributed by atoms with Crippen LogP contribution >= 0.6 is 11.6 Å². The van der Waals surface area contributed by atoms with Crippen molar-refractivity contribution in [3.63, 3.8) is 0 Å². The number of aryl methyl sites for hydroxylation is 1. The van der Waals surface area contributed by atoms with Gasteiger partial charge in [0.15, 0.2) is 0 Å². The molecule has 0 aromatic heterocycles. The van der Waals surface area contributed by atoms with E-state index in [9.17, 15) is 5.11 Å². The Hall–Kier alpha value is -1.55. The summed E-state index contributed by atoms with van der Waals surface area (Å²) in [7, 11) is 0. The van der Waals surface area contributed by atoms with Gasteiger partial charge in [0.05, 0.1) is 0 Å². The Balaban J connectivity index is 1.62. The number of nitrogens with one attached hydrogen (secondary N) is 1. The maximum atomic E-state index is 9.99. The summed E-state index contributed by atoms with van der Waals surface area (Å²) in [6.07, 6.45) is 1.52.